The van der Waals surface area contributed by atoms with Crippen LogP contribution in [0.15, 0.2) is 15.9 Å². The lowest BCUT2D eigenvalue weighted by molar-refractivity contribution is 0.780. The molecular formula is C6H4N4O2S2. The minimum atomic E-state index is -0.343. The summed E-state index contributed by atoms with van der Waals surface area (Å²) in [5.74, 6) is 0. The van der Waals surface area contributed by atoms with Crippen molar-refractivity contribution in [1.29, 1.82) is 0 Å². The fourth-order valence-corrected chi connectivity index (χ4v) is 3.34. The molecule has 0 aromatic carbocycles. The number of aromatic nitrogens is 4. The molecule has 0 fully saturated rings. The fraction of sp³-hybridized carbons (Fsp3) is 0.167. The van der Waals surface area contributed by atoms with Crippen LogP contribution in [0.25, 0.3) is 11.2 Å². The molecule has 0 amide bonds. The lowest BCUT2D eigenvalue weighted by Gasteiger charge is -2.00. The molecule has 4 bridgehead atoms. The van der Waals surface area contributed by atoms with Crippen LogP contribution in [0.5, 0.6) is 0 Å². The van der Waals surface area contributed by atoms with Gasteiger partial charge in [-0.25, -0.2) is 13.6 Å². The summed E-state index contributed by atoms with van der Waals surface area (Å²) >= 11 is 0. The molecule has 0 aliphatic carbocycles. The minimum Gasteiger partial charge on any atom is -0.267 e. The number of imidazole rings is 1. The van der Waals surface area contributed by atoms with Crippen LogP contribution < -0.4 is 11.2 Å². The molecule has 72 valence electrons. The zero-order valence-electron chi connectivity index (χ0n) is 7.00. The van der Waals surface area contributed by atoms with Gasteiger partial charge in [0.2, 0.25) is 0 Å². The average molecular weight is 228 g/mol. The molecule has 0 N–H and O–H groups in total. The maximum Gasteiger partial charge on any atom is 0.346 e. The monoisotopic (exact) mass is 228 g/mol. The van der Waals surface area contributed by atoms with Crippen LogP contribution in [0.3, 0.4) is 0 Å². The van der Waals surface area contributed by atoms with Crippen LogP contribution >= 0.6 is 21.1 Å². The molecule has 0 aliphatic heterocycles. The lowest BCUT2D eigenvalue weighted by Crippen LogP contribution is -2.35. The first-order valence-electron chi connectivity index (χ1n) is 3.75. The summed E-state index contributed by atoms with van der Waals surface area (Å²) in [6.07, 6.45) is 1.55. The molecule has 0 aliphatic rings. The van der Waals surface area contributed by atoms with E-state index >= 15 is 0 Å². The van der Waals surface area contributed by atoms with Crippen LogP contribution in [0.1, 0.15) is 0 Å². The van der Waals surface area contributed by atoms with Crippen molar-refractivity contribution in [3.05, 3.63) is 27.2 Å². The van der Waals surface area contributed by atoms with Gasteiger partial charge in [0.05, 0.1) is 0 Å². The molecule has 14 heavy (non-hydrogen) atoms. The van der Waals surface area contributed by atoms with E-state index in [1.165, 1.54) is 31.9 Å². The molecule has 0 spiro atoms. The van der Waals surface area contributed by atoms with Crippen LogP contribution in [0.2, 0.25) is 0 Å². The summed E-state index contributed by atoms with van der Waals surface area (Å²) in [5, 5.41) is 0. The van der Waals surface area contributed by atoms with Gasteiger partial charge in [-0.3, -0.25) is 9.36 Å². The lowest BCUT2D eigenvalue weighted by atomic mass is 10.5. The van der Waals surface area contributed by atoms with E-state index in [9.17, 15) is 9.59 Å². The summed E-state index contributed by atoms with van der Waals surface area (Å²) in [4.78, 5) is 27.3. The summed E-state index contributed by atoms with van der Waals surface area (Å²) in [6.45, 7) is 0. The third kappa shape index (κ3) is 0.727. The van der Waals surface area contributed by atoms with Gasteiger partial charge in [0.15, 0.2) is 11.2 Å². The Labute approximate surface area is 84.0 Å². The Morgan fingerprint density at radius 2 is 2.14 bits per heavy atom. The van der Waals surface area contributed by atoms with E-state index in [1.807, 2.05) is 0 Å². The first-order valence-corrected chi connectivity index (χ1v) is 5.81. The summed E-state index contributed by atoms with van der Waals surface area (Å²) in [7, 11) is 4.03. The zero-order chi connectivity index (χ0) is 9.87. The topological polar surface area (TPSA) is 60.8 Å². The van der Waals surface area contributed by atoms with Gasteiger partial charge in [-0.2, -0.15) is 3.79 Å². The molecule has 0 saturated carbocycles. The van der Waals surface area contributed by atoms with Crippen LogP contribution in [-0.2, 0) is 7.05 Å². The molecule has 0 atom stereocenters. The predicted octanol–water partition coefficient (Wildman–Crippen LogP) is -0.231. The van der Waals surface area contributed by atoms with Crippen molar-refractivity contribution in [2.75, 3.05) is 0 Å². The van der Waals surface area contributed by atoms with Gasteiger partial charge in [0.1, 0.15) is 6.33 Å². The largest absolute Gasteiger partial charge is 0.346 e. The van der Waals surface area contributed by atoms with Crippen LogP contribution in [-0.4, -0.2) is 17.1 Å². The number of rotatable bonds is 0. The summed E-state index contributed by atoms with van der Waals surface area (Å²) < 4.78 is 4.18. The number of hydrogen-bond donors (Lipinski definition) is 0. The highest BCUT2D eigenvalue weighted by molar-refractivity contribution is 7.64. The van der Waals surface area contributed by atoms with Crippen molar-refractivity contribution < 1.29 is 0 Å². The van der Waals surface area contributed by atoms with E-state index < -0.39 is 0 Å². The zero-order valence-corrected chi connectivity index (χ0v) is 8.63. The second kappa shape index (κ2) is 2.34. The van der Waals surface area contributed by atoms with Crippen molar-refractivity contribution in [3.8, 4) is 0 Å². The molecule has 3 aromatic heterocycles. The van der Waals surface area contributed by atoms with Gasteiger partial charge in [-0.1, -0.05) is 0 Å². The Kier molecular flexibility index (Phi) is 1.33. The fourth-order valence-electron chi connectivity index (χ4n) is 1.33. The molecule has 3 heterocycles. The van der Waals surface area contributed by atoms with Gasteiger partial charge in [0.25, 0.3) is 5.56 Å². The third-order valence-corrected chi connectivity index (χ3v) is 4.18. The van der Waals surface area contributed by atoms with Crippen molar-refractivity contribution in [2.45, 2.75) is 0 Å². The second-order valence-electron chi connectivity index (χ2n) is 2.83. The standard InChI is InChI=1S/C6H4N4O2S2/c1-8-5(11)3-4-7-2-9(3)13-14-10(4)6(8)12/h2H,1H3. The highest BCUT2D eigenvalue weighted by Gasteiger charge is 2.14. The van der Waals surface area contributed by atoms with E-state index in [0.717, 1.165) is 4.57 Å². The Bertz CT molecular complexity index is 739. The predicted molar refractivity (Wildman–Crippen MR) is 53.4 cm³/mol. The maximum atomic E-state index is 11.7. The van der Waals surface area contributed by atoms with Crippen LogP contribution in [0.4, 0.5) is 0 Å². The van der Waals surface area contributed by atoms with Crippen LogP contribution in [0, 0.1) is 0 Å². The quantitative estimate of drug-likeness (QED) is 0.499. The summed E-state index contributed by atoms with van der Waals surface area (Å²) in [6, 6.07) is 0. The molecule has 3 rings (SSSR count). The Hall–Kier alpha value is -1.41. The van der Waals surface area contributed by atoms with E-state index in [2.05, 4.69) is 4.98 Å². The Morgan fingerprint density at radius 1 is 1.36 bits per heavy atom. The van der Waals surface area contributed by atoms with E-state index in [1.54, 1.807) is 10.1 Å². The highest BCUT2D eigenvalue weighted by atomic mass is 32.9. The first-order chi connectivity index (χ1) is 6.70. The van der Waals surface area contributed by atoms with E-state index in [0.29, 0.717) is 11.2 Å². The molecule has 0 saturated heterocycles. The van der Waals surface area contributed by atoms with Gasteiger partial charge in [-0.15, -0.1) is 0 Å². The van der Waals surface area contributed by atoms with Crippen molar-refractivity contribution >= 4 is 32.2 Å². The molecule has 8 heteroatoms. The first kappa shape index (κ1) is 7.94. The maximum absolute atomic E-state index is 11.7. The van der Waals surface area contributed by atoms with E-state index in [4.69, 9.17) is 0 Å². The van der Waals surface area contributed by atoms with Gasteiger partial charge in [-0.05, 0) is 0 Å². The highest BCUT2D eigenvalue weighted by Crippen LogP contribution is 2.14. The Morgan fingerprint density at radius 3 is 2.93 bits per heavy atom. The average Bonchev–Trinajstić information content (AvgIpc) is 2.48. The second-order valence-corrected chi connectivity index (χ2v) is 4.78. The number of hydrogen-bond acceptors (Lipinski definition) is 5. The smallest absolute Gasteiger partial charge is 0.267 e. The van der Waals surface area contributed by atoms with E-state index in [-0.39, 0.29) is 11.2 Å². The minimum absolute atomic E-state index is 0.299. The van der Waals surface area contributed by atoms with Crippen molar-refractivity contribution in [1.82, 2.24) is 17.1 Å². The number of nitrogens with zero attached hydrogens (tertiary/aromatic N) is 4. The molecular weight excluding hydrogens is 224 g/mol. The van der Waals surface area contributed by atoms with Gasteiger partial charge in [0, 0.05) is 28.1 Å². The van der Waals surface area contributed by atoms with Gasteiger partial charge < -0.3 is 0 Å². The molecule has 6 nitrogen and oxygen atoms in total. The van der Waals surface area contributed by atoms with Gasteiger partial charge >= 0.3 is 5.69 Å². The third-order valence-electron chi connectivity index (χ3n) is 2.07. The SMILES string of the molecule is Cn1c(=O)c2c3ncn2ssn3c1=O. The summed E-state index contributed by atoms with van der Waals surface area (Å²) in [5.41, 5.74) is 0.272. The molecule has 0 radical (unpaired) electrons. The normalized spacial score (nSPS) is 11.8. The van der Waals surface area contributed by atoms with Crippen molar-refractivity contribution in [2.24, 2.45) is 7.05 Å². The molecule has 3 aromatic rings. The molecule has 0 unspecified atom stereocenters. The Balaban J connectivity index is 2.93. The van der Waals surface area contributed by atoms with Crippen molar-refractivity contribution in [3.63, 3.8) is 0 Å².